The lowest BCUT2D eigenvalue weighted by Gasteiger charge is -2.33. The van der Waals surface area contributed by atoms with E-state index in [-0.39, 0.29) is 0 Å². The zero-order valence-electron chi connectivity index (χ0n) is 11.1. The maximum Gasteiger partial charge on any atom is 0.247 e. The smallest absolute Gasteiger partial charge is 0.247 e. The van der Waals surface area contributed by atoms with Crippen molar-refractivity contribution in [2.24, 2.45) is 11.7 Å². The maximum atomic E-state index is 6.47. The van der Waals surface area contributed by atoms with Crippen molar-refractivity contribution in [1.82, 2.24) is 10.1 Å². The Kier molecular flexibility index (Phi) is 3.41. The minimum absolute atomic E-state index is 0.424. The Balaban J connectivity index is 1.79. The summed E-state index contributed by atoms with van der Waals surface area (Å²) in [7, 11) is 0. The van der Waals surface area contributed by atoms with Crippen LogP contribution in [0.15, 0.2) is 21.3 Å². The van der Waals surface area contributed by atoms with Crippen LogP contribution in [-0.2, 0) is 5.54 Å². The molecule has 1 saturated carbocycles. The Morgan fingerprint density at radius 3 is 2.89 bits per heavy atom. The number of nitrogens with two attached hydrogens (primary N) is 1. The van der Waals surface area contributed by atoms with Crippen LogP contribution in [0.5, 0.6) is 0 Å². The molecule has 4 nitrogen and oxygen atoms in total. The molecule has 0 aromatic carbocycles. The Morgan fingerprint density at radius 1 is 1.47 bits per heavy atom. The van der Waals surface area contributed by atoms with E-state index >= 15 is 0 Å². The van der Waals surface area contributed by atoms with Crippen molar-refractivity contribution in [3.8, 4) is 11.4 Å². The number of aromatic nitrogens is 2. The molecule has 0 aliphatic heterocycles. The van der Waals surface area contributed by atoms with Crippen LogP contribution in [0.1, 0.15) is 44.9 Å². The zero-order valence-corrected chi connectivity index (χ0v) is 11.9. The quantitative estimate of drug-likeness (QED) is 0.931. The van der Waals surface area contributed by atoms with Crippen molar-refractivity contribution in [3.63, 3.8) is 0 Å². The second-order valence-electron chi connectivity index (χ2n) is 5.44. The van der Waals surface area contributed by atoms with Gasteiger partial charge >= 0.3 is 0 Å². The summed E-state index contributed by atoms with van der Waals surface area (Å²) in [5.41, 5.74) is 7.05. The summed E-state index contributed by atoms with van der Waals surface area (Å²) in [5.74, 6) is 2.05. The molecule has 102 valence electrons. The number of nitrogens with zero attached hydrogens (tertiary/aromatic N) is 2. The summed E-state index contributed by atoms with van der Waals surface area (Å²) < 4.78 is 5.42. The van der Waals surface area contributed by atoms with Crippen LogP contribution in [-0.4, -0.2) is 10.1 Å². The predicted octanol–water partition coefficient (Wildman–Crippen LogP) is 3.55. The highest BCUT2D eigenvalue weighted by molar-refractivity contribution is 7.08. The van der Waals surface area contributed by atoms with Crippen molar-refractivity contribution in [2.45, 2.75) is 44.6 Å². The largest absolute Gasteiger partial charge is 0.337 e. The fourth-order valence-corrected chi connectivity index (χ4v) is 3.38. The van der Waals surface area contributed by atoms with Crippen molar-refractivity contribution < 1.29 is 4.52 Å². The molecule has 0 atom stereocenters. The first-order valence-corrected chi connectivity index (χ1v) is 7.81. The highest BCUT2D eigenvalue weighted by Crippen LogP contribution is 2.38. The summed E-state index contributed by atoms with van der Waals surface area (Å²) in [6.07, 6.45) is 5.43. The molecule has 2 aromatic rings. The molecule has 0 unspecified atom stereocenters. The van der Waals surface area contributed by atoms with Gasteiger partial charge in [0.05, 0.1) is 5.54 Å². The van der Waals surface area contributed by atoms with Gasteiger partial charge in [-0.1, -0.05) is 18.5 Å². The maximum absolute atomic E-state index is 6.47. The minimum Gasteiger partial charge on any atom is -0.337 e. The molecule has 1 fully saturated rings. The fraction of sp³-hybridized carbons (Fsp3) is 0.571. The van der Waals surface area contributed by atoms with Gasteiger partial charge in [-0.25, -0.2) is 0 Å². The second kappa shape index (κ2) is 5.06. The molecule has 2 N–H and O–H groups in total. The lowest BCUT2D eigenvalue weighted by Crippen LogP contribution is -2.40. The third-order valence-corrected chi connectivity index (χ3v) is 4.89. The first-order valence-electron chi connectivity index (χ1n) is 6.87. The molecule has 2 heterocycles. The summed E-state index contributed by atoms with van der Waals surface area (Å²) in [5, 5.41) is 8.09. The van der Waals surface area contributed by atoms with E-state index < -0.39 is 5.54 Å². The van der Waals surface area contributed by atoms with E-state index in [1.54, 1.807) is 11.3 Å². The third kappa shape index (κ3) is 2.44. The minimum atomic E-state index is -0.424. The normalized spacial score (nSPS) is 27.6. The van der Waals surface area contributed by atoms with Crippen LogP contribution in [0, 0.1) is 5.92 Å². The average molecular weight is 277 g/mol. The van der Waals surface area contributed by atoms with E-state index in [0.717, 1.165) is 37.2 Å². The van der Waals surface area contributed by atoms with Gasteiger partial charge in [0.25, 0.3) is 0 Å². The van der Waals surface area contributed by atoms with Gasteiger partial charge in [0.15, 0.2) is 0 Å². The molecule has 0 amide bonds. The number of hydrogen-bond donors (Lipinski definition) is 1. The van der Waals surface area contributed by atoms with Gasteiger partial charge in [-0.15, -0.1) is 0 Å². The average Bonchev–Trinajstić information content (AvgIpc) is 3.10. The van der Waals surface area contributed by atoms with Gasteiger partial charge in [0.2, 0.25) is 11.7 Å². The van der Waals surface area contributed by atoms with Gasteiger partial charge in [-0.2, -0.15) is 16.3 Å². The molecule has 0 radical (unpaired) electrons. The van der Waals surface area contributed by atoms with E-state index in [9.17, 15) is 0 Å². The summed E-state index contributed by atoms with van der Waals surface area (Å²) in [6, 6.07) is 2.00. The predicted molar refractivity (Wildman–Crippen MR) is 75.7 cm³/mol. The van der Waals surface area contributed by atoms with Crippen molar-refractivity contribution in [1.29, 1.82) is 0 Å². The van der Waals surface area contributed by atoms with Crippen LogP contribution in [0.4, 0.5) is 0 Å². The van der Waals surface area contributed by atoms with Gasteiger partial charge in [-0.05, 0) is 43.0 Å². The second-order valence-corrected chi connectivity index (χ2v) is 6.22. The van der Waals surface area contributed by atoms with E-state index in [1.807, 2.05) is 16.8 Å². The molecule has 0 saturated heterocycles. The molecule has 1 aliphatic carbocycles. The third-order valence-electron chi connectivity index (χ3n) is 4.21. The highest BCUT2D eigenvalue weighted by Gasteiger charge is 2.37. The van der Waals surface area contributed by atoms with Gasteiger partial charge in [0, 0.05) is 10.9 Å². The Bertz CT molecular complexity index is 527. The first kappa shape index (κ1) is 12.8. The van der Waals surface area contributed by atoms with Crippen LogP contribution in [0.25, 0.3) is 11.4 Å². The molecule has 3 rings (SSSR count). The molecule has 5 heteroatoms. The molecule has 2 aromatic heterocycles. The van der Waals surface area contributed by atoms with Crippen molar-refractivity contribution in [3.05, 3.63) is 22.7 Å². The standard InChI is InChI=1S/C14H19N3OS/c1-2-10-3-6-14(15,7-4-10)13-16-12(17-18-13)11-5-8-19-9-11/h5,8-10H,2-4,6-7,15H2,1H3. The topological polar surface area (TPSA) is 64.9 Å². The van der Waals surface area contributed by atoms with Crippen LogP contribution in [0.3, 0.4) is 0 Å². The lowest BCUT2D eigenvalue weighted by atomic mass is 9.76. The summed E-state index contributed by atoms with van der Waals surface area (Å²) in [4.78, 5) is 4.50. The molecule has 19 heavy (non-hydrogen) atoms. The first-order chi connectivity index (χ1) is 9.21. The van der Waals surface area contributed by atoms with E-state index in [1.165, 1.54) is 6.42 Å². The fourth-order valence-electron chi connectivity index (χ4n) is 2.75. The Hall–Kier alpha value is -1.20. The molecule has 0 bridgehead atoms. The van der Waals surface area contributed by atoms with E-state index in [0.29, 0.717) is 11.7 Å². The van der Waals surface area contributed by atoms with Crippen molar-refractivity contribution >= 4 is 11.3 Å². The van der Waals surface area contributed by atoms with Gasteiger partial charge in [0.1, 0.15) is 0 Å². The monoisotopic (exact) mass is 277 g/mol. The zero-order chi connectivity index (χ0) is 13.3. The van der Waals surface area contributed by atoms with Crippen LogP contribution in [0.2, 0.25) is 0 Å². The van der Waals surface area contributed by atoms with Gasteiger partial charge in [-0.3, -0.25) is 0 Å². The van der Waals surface area contributed by atoms with E-state index in [4.69, 9.17) is 10.3 Å². The highest BCUT2D eigenvalue weighted by atomic mass is 32.1. The summed E-state index contributed by atoms with van der Waals surface area (Å²) >= 11 is 1.63. The summed E-state index contributed by atoms with van der Waals surface area (Å²) in [6.45, 7) is 2.25. The molecule has 1 aliphatic rings. The molecule has 0 spiro atoms. The molecular weight excluding hydrogens is 258 g/mol. The Labute approximate surface area is 117 Å². The van der Waals surface area contributed by atoms with Crippen LogP contribution >= 0.6 is 11.3 Å². The Morgan fingerprint density at radius 2 is 2.26 bits per heavy atom. The number of hydrogen-bond acceptors (Lipinski definition) is 5. The molecular formula is C14H19N3OS. The van der Waals surface area contributed by atoms with Gasteiger partial charge < -0.3 is 10.3 Å². The van der Waals surface area contributed by atoms with Crippen molar-refractivity contribution in [2.75, 3.05) is 0 Å². The van der Waals surface area contributed by atoms with E-state index in [2.05, 4.69) is 17.1 Å². The van der Waals surface area contributed by atoms with Crippen LogP contribution < -0.4 is 5.73 Å². The lowest BCUT2D eigenvalue weighted by molar-refractivity contribution is 0.181. The SMILES string of the molecule is CCC1CCC(N)(c2nc(-c3ccsc3)no2)CC1. The number of rotatable bonds is 3. The number of thiophene rings is 1.